The van der Waals surface area contributed by atoms with Gasteiger partial charge in [-0.05, 0) is 19.8 Å². The van der Waals surface area contributed by atoms with Gasteiger partial charge in [0.05, 0.1) is 0 Å². The molecule has 0 aliphatic heterocycles. The van der Waals surface area contributed by atoms with Crippen molar-refractivity contribution < 1.29 is 4.79 Å². The van der Waals surface area contributed by atoms with Crippen molar-refractivity contribution in [2.45, 2.75) is 40.0 Å². The second kappa shape index (κ2) is 6.14. The quantitative estimate of drug-likeness (QED) is 0.439. The molecule has 0 aliphatic carbocycles. The van der Waals surface area contributed by atoms with Gasteiger partial charge in [0, 0.05) is 12.3 Å². The first kappa shape index (κ1) is 10.4. The fourth-order valence-corrected chi connectivity index (χ4v) is 0.849. The van der Waals surface area contributed by atoms with Crippen LogP contribution in [0.5, 0.6) is 0 Å². The van der Waals surface area contributed by atoms with E-state index in [9.17, 15) is 4.79 Å². The van der Waals surface area contributed by atoms with Gasteiger partial charge in [0.15, 0.2) is 0 Å². The van der Waals surface area contributed by atoms with E-state index in [2.05, 4.69) is 6.08 Å². The highest BCUT2D eigenvalue weighted by Crippen LogP contribution is 2.04. The number of unbranched alkanes of at least 4 members (excludes halogenated alkanes) is 1. The third-order valence-electron chi connectivity index (χ3n) is 1.67. The third-order valence-corrected chi connectivity index (χ3v) is 1.67. The highest BCUT2D eigenvalue weighted by atomic mass is 16.1. The molecule has 0 aromatic rings. The van der Waals surface area contributed by atoms with E-state index in [1.165, 1.54) is 0 Å². The topological polar surface area (TPSA) is 17.1 Å². The second-order valence-corrected chi connectivity index (χ2v) is 3.08. The summed E-state index contributed by atoms with van der Waals surface area (Å²) in [4.78, 5) is 11.1. The average molecular weight is 154 g/mol. The number of carbonyl (C=O) groups is 1. The molecule has 0 aromatic carbocycles. The molecule has 0 amide bonds. The number of hydrogen-bond donors (Lipinski definition) is 0. The van der Waals surface area contributed by atoms with Gasteiger partial charge < -0.3 is 0 Å². The monoisotopic (exact) mass is 154 g/mol. The molecule has 0 radical (unpaired) electrons. The maximum atomic E-state index is 11.1. The largest absolute Gasteiger partial charge is 0.299 e. The Labute approximate surface area is 69.5 Å². The Bertz CT molecular complexity index is 134. The first-order valence-electron chi connectivity index (χ1n) is 4.32. The zero-order chi connectivity index (χ0) is 8.69. The maximum absolute atomic E-state index is 11.1. The van der Waals surface area contributed by atoms with E-state index in [0.29, 0.717) is 5.78 Å². The van der Waals surface area contributed by atoms with Gasteiger partial charge in [-0.3, -0.25) is 4.79 Å². The van der Waals surface area contributed by atoms with Gasteiger partial charge in [-0.1, -0.05) is 26.0 Å². The maximum Gasteiger partial charge on any atom is 0.135 e. The van der Waals surface area contributed by atoms with E-state index in [0.717, 1.165) is 19.3 Å². The number of Topliss-reactive ketones (excluding diaryl/α,β-unsaturated/α-hetero) is 1. The molecule has 0 saturated carbocycles. The van der Waals surface area contributed by atoms with Crippen LogP contribution >= 0.6 is 0 Å². The van der Waals surface area contributed by atoms with E-state index in [-0.39, 0.29) is 5.92 Å². The van der Waals surface area contributed by atoms with Crippen molar-refractivity contribution in [1.29, 1.82) is 0 Å². The van der Waals surface area contributed by atoms with Crippen LogP contribution in [0.15, 0.2) is 12.2 Å². The van der Waals surface area contributed by atoms with E-state index >= 15 is 0 Å². The summed E-state index contributed by atoms with van der Waals surface area (Å²) in [6.07, 6.45) is 6.91. The standard InChI is InChI=1S/C10H18O/c1-4-5-6-7-8-10(11)9(2)3/h4-5,9H,6-8H2,1-3H3/b5-4-. The number of hydrogen-bond acceptors (Lipinski definition) is 1. The lowest BCUT2D eigenvalue weighted by Crippen LogP contribution is -2.05. The molecule has 1 nitrogen and oxygen atoms in total. The Morgan fingerprint density at radius 1 is 1.45 bits per heavy atom. The van der Waals surface area contributed by atoms with Crippen LogP contribution in [0.3, 0.4) is 0 Å². The van der Waals surface area contributed by atoms with Gasteiger partial charge in [-0.15, -0.1) is 0 Å². The van der Waals surface area contributed by atoms with Gasteiger partial charge in [0.25, 0.3) is 0 Å². The van der Waals surface area contributed by atoms with E-state index < -0.39 is 0 Å². The van der Waals surface area contributed by atoms with Gasteiger partial charge in [-0.25, -0.2) is 0 Å². The first-order valence-corrected chi connectivity index (χ1v) is 4.32. The molecule has 0 N–H and O–H groups in total. The predicted octanol–water partition coefficient (Wildman–Crippen LogP) is 2.96. The number of carbonyl (C=O) groups excluding carboxylic acids is 1. The Balaban J connectivity index is 3.32. The molecule has 1 heteroatoms. The minimum Gasteiger partial charge on any atom is -0.299 e. The van der Waals surface area contributed by atoms with Gasteiger partial charge >= 0.3 is 0 Å². The van der Waals surface area contributed by atoms with E-state index in [1.807, 2.05) is 26.8 Å². The lowest BCUT2D eigenvalue weighted by Gasteiger charge is -2.01. The molecule has 0 aromatic heterocycles. The van der Waals surface area contributed by atoms with Crippen molar-refractivity contribution >= 4 is 5.78 Å². The van der Waals surface area contributed by atoms with Crippen molar-refractivity contribution in [2.24, 2.45) is 5.92 Å². The zero-order valence-electron chi connectivity index (χ0n) is 7.76. The number of rotatable bonds is 5. The molecule has 0 bridgehead atoms. The van der Waals surface area contributed by atoms with Crippen molar-refractivity contribution in [3.63, 3.8) is 0 Å². The molecule has 0 spiro atoms. The van der Waals surface area contributed by atoms with Gasteiger partial charge in [0.2, 0.25) is 0 Å². The summed E-state index contributed by atoms with van der Waals surface area (Å²) in [5.41, 5.74) is 0. The molecule has 0 fully saturated rings. The highest BCUT2D eigenvalue weighted by Gasteiger charge is 2.04. The Kier molecular flexibility index (Phi) is 5.81. The van der Waals surface area contributed by atoms with Crippen LogP contribution in [0.25, 0.3) is 0 Å². The average Bonchev–Trinajstić information content (AvgIpc) is 1.97. The summed E-state index contributed by atoms with van der Waals surface area (Å²) in [7, 11) is 0. The Hall–Kier alpha value is -0.590. The molecule has 0 aliphatic rings. The van der Waals surface area contributed by atoms with Crippen molar-refractivity contribution in [1.82, 2.24) is 0 Å². The third kappa shape index (κ3) is 5.84. The first-order chi connectivity index (χ1) is 5.18. The van der Waals surface area contributed by atoms with E-state index in [1.54, 1.807) is 0 Å². The molecule has 64 valence electrons. The normalized spacial score (nSPS) is 11.3. The molecule has 0 saturated heterocycles. The minimum absolute atomic E-state index is 0.209. The Morgan fingerprint density at radius 2 is 2.09 bits per heavy atom. The van der Waals surface area contributed by atoms with Crippen LogP contribution in [0, 0.1) is 5.92 Å². The number of ketones is 1. The van der Waals surface area contributed by atoms with Crippen LogP contribution in [-0.2, 0) is 4.79 Å². The molecule has 0 atom stereocenters. The molecular weight excluding hydrogens is 136 g/mol. The summed E-state index contributed by atoms with van der Waals surface area (Å²) in [6.45, 7) is 5.92. The summed E-state index contributed by atoms with van der Waals surface area (Å²) in [5.74, 6) is 0.593. The van der Waals surface area contributed by atoms with E-state index in [4.69, 9.17) is 0 Å². The second-order valence-electron chi connectivity index (χ2n) is 3.08. The molecular formula is C10H18O. The van der Waals surface area contributed by atoms with Crippen LogP contribution < -0.4 is 0 Å². The molecule has 0 unspecified atom stereocenters. The van der Waals surface area contributed by atoms with Crippen LogP contribution in [0.4, 0.5) is 0 Å². The van der Waals surface area contributed by atoms with Crippen LogP contribution in [-0.4, -0.2) is 5.78 Å². The van der Waals surface area contributed by atoms with Crippen molar-refractivity contribution in [2.75, 3.05) is 0 Å². The van der Waals surface area contributed by atoms with Gasteiger partial charge in [0.1, 0.15) is 5.78 Å². The summed E-state index contributed by atoms with van der Waals surface area (Å²) in [6, 6.07) is 0. The summed E-state index contributed by atoms with van der Waals surface area (Å²) >= 11 is 0. The SMILES string of the molecule is C/C=C\CCCC(=O)C(C)C. The van der Waals surface area contributed by atoms with Crippen LogP contribution in [0.2, 0.25) is 0 Å². The highest BCUT2D eigenvalue weighted by molar-refractivity contribution is 5.80. The van der Waals surface area contributed by atoms with Crippen molar-refractivity contribution in [3.8, 4) is 0 Å². The fourth-order valence-electron chi connectivity index (χ4n) is 0.849. The number of allylic oxidation sites excluding steroid dienone is 2. The molecule has 11 heavy (non-hydrogen) atoms. The van der Waals surface area contributed by atoms with Crippen LogP contribution in [0.1, 0.15) is 40.0 Å². The lowest BCUT2D eigenvalue weighted by atomic mass is 10.0. The minimum atomic E-state index is 0.209. The summed E-state index contributed by atoms with van der Waals surface area (Å²) < 4.78 is 0. The van der Waals surface area contributed by atoms with Gasteiger partial charge in [-0.2, -0.15) is 0 Å². The fraction of sp³-hybridized carbons (Fsp3) is 0.700. The predicted molar refractivity (Wildman–Crippen MR) is 48.5 cm³/mol. The smallest absolute Gasteiger partial charge is 0.135 e. The zero-order valence-corrected chi connectivity index (χ0v) is 7.76. The Morgan fingerprint density at radius 3 is 2.55 bits per heavy atom. The molecule has 0 heterocycles. The molecule has 0 rings (SSSR count). The van der Waals surface area contributed by atoms with Crippen molar-refractivity contribution in [3.05, 3.63) is 12.2 Å². The summed E-state index contributed by atoms with van der Waals surface area (Å²) in [5, 5.41) is 0. The lowest BCUT2D eigenvalue weighted by molar-refractivity contribution is -0.121.